The van der Waals surface area contributed by atoms with Crippen LogP contribution in [0, 0.1) is 30.1 Å². The van der Waals surface area contributed by atoms with Crippen LogP contribution in [0.5, 0.6) is 0 Å². The summed E-state index contributed by atoms with van der Waals surface area (Å²) in [6.45, 7) is 3.41. The van der Waals surface area contributed by atoms with E-state index < -0.39 is 33.7 Å². The zero-order valence-corrected chi connectivity index (χ0v) is 18.2. The summed E-state index contributed by atoms with van der Waals surface area (Å²) in [6.07, 6.45) is 10.1. The molecule has 1 rings (SSSR count). The van der Waals surface area contributed by atoms with E-state index in [1.165, 1.54) is 0 Å². The maximum Gasteiger partial charge on any atom is 0.247 e. The molecule has 0 bridgehead atoms. The summed E-state index contributed by atoms with van der Waals surface area (Å²) in [5.74, 6) is -0.977. The number of terminal acetylenes is 1. The van der Waals surface area contributed by atoms with Crippen molar-refractivity contribution in [2.75, 3.05) is 12.8 Å². The van der Waals surface area contributed by atoms with Crippen LogP contribution in [0.2, 0.25) is 0 Å². The Bertz CT molecular complexity index is 876. The van der Waals surface area contributed by atoms with Gasteiger partial charge in [-0.25, -0.2) is 13.9 Å². The summed E-state index contributed by atoms with van der Waals surface area (Å²) >= 11 is 0. The van der Waals surface area contributed by atoms with Crippen LogP contribution in [0.1, 0.15) is 32.3 Å². The summed E-state index contributed by atoms with van der Waals surface area (Å²) in [4.78, 5) is 25.3. The summed E-state index contributed by atoms with van der Waals surface area (Å²) in [5.41, 5.74) is 4.84. The van der Waals surface area contributed by atoms with Crippen molar-refractivity contribution in [1.82, 2.24) is 15.3 Å². The quantitative estimate of drug-likeness (QED) is 0.278. The minimum Gasteiger partial charge on any atom is -0.289 e. The van der Waals surface area contributed by atoms with Gasteiger partial charge in [0.05, 0.1) is 24.6 Å². The number of hydrazine groups is 1. The number of nitrogens with zero attached hydrogens (tertiary/aromatic N) is 1. The number of hydrogen-bond acceptors (Lipinski definition) is 5. The van der Waals surface area contributed by atoms with E-state index in [1.807, 2.05) is 50.3 Å². The van der Waals surface area contributed by atoms with Gasteiger partial charge in [-0.05, 0) is 24.3 Å². The van der Waals surface area contributed by atoms with Crippen molar-refractivity contribution in [2.24, 2.45) is 17.8 Å². The molecule has 30 heavy (non-hydrogen) atoms. The molecule has 0 spiro atoms. The Kier molecular flexibility index (Phi) is 10.3. The molecule has 0 radical (unpaired) electrons. The summed E-state index contributed by atoms with van der Waals surface area (Å²) in [5, 5.41) is 9.19. The topological polar surface area (TPSA) is 116 Å². The zero-order chi connectivity index (χ0) is 22.7. The number of hydrogen-bond donors (Lipinski definition) is 3. The Morgan fingerprint density at radius 2 is 1.83 bits per heavy atom. The van der Waals surface area contributed by atoms with Crippen LogP contribution in [-0.2, 0) is 19.6 Å². The Balaban J connectivity index is 3.13. The molecule has 0 aromatic heterocycles. The van der Waals surface area contributed by atoms with Crippen molar-refractivity contribution in [3.05, 3.63) is 42.0 Å². The number of rotatable bonds is 11. The highest BCUT2D eigenvalue weighted by Gasteiger charge is 2.35. The second-order valence-electron chi connectivity index (χ2n) is 7.32. The lowest BCUT2D eigenvalue weighted by Crippen LogP contribution is -2.50. The highest BCUT2D eigenvalue weighted by Crippen LogP contribution is 2.25. The molecule has 1 aromatic carbocycles. The van der Waals surface area contributed by atoms with Gasteiger partial charge in [-0.1, -0.05) is 62.3 Å². The first-order valence-corrected chi connectivity index (χ1v) is 11.3. The fourth-order valence-corrected chi connectivity index (χ4v) is 3.51. The van der Waals surface area contributed by atoms with E-state index in [0.717, 1.165) is 11.8 Å². The van der Waals surface area contributed by atoms with Gasteiger partial charge >= 0.3 is 0 Å². The number of benzene rings is 1. The molecule has 0 saturated heterocycles. The van der Waals surface area contributed by atoms with Gasteiger partial charge in [0.15, 0.2) is 0 Å². The molecule has 2 amide bonds. The molecule has 3 N–H and O–H groups in total. The molecular weight excluding hydrogens is 406 g/mol. The first-order valence-electron chi connectivity index (χ1n) is 9.47. The third-order valence-electron chi connectivity index (χ3n) is 4.36. The van der Waals surface area contributed by atoms with E-state index in [1.54, 1.807) is 11.6 Å². The fraction of sp³-hybridized carbons (Fsp3) is 0.429. The predicted octanol–water partition coefficient (Wildman–Crippen LogP) is 1.80. The smallest absolute Gasteiger partial charge is 0.247 e. The highest BCUT2D eigenvalue weighted by atomic mass is 32.2. The average molecular weight is 436 g/mol. The third-order valence-corrected chi connectivity index (χ3v) is 5.39. The van der Waals surface area contributed by atoms with Crippen molar-refractivity contribution in [3.8, 4) is 12.3 Å². The normalized spacial score (nSPS) is 13.8. The minimum atomic E-state index is -3.79. The lowest BCUT2D eigenvalue weighted by atomic mass is 9.82. The van der Waals surface area contributed by atoms with Crippen molar-refractivity contribution in [1.29, 1.82) is 0 Å². The molecule has 9 heteroatoms. The molecule has 1 aromatic rings. The summed E-state index contributed by atoms with van der Waals surface area (Å²) < 4.78 is 24.4. The van der Waals surface area contributed by atoms with Gasteiger partial charge in [0.25, 0.3) is 0 Å². The van der Waals surface area contributed by atoms with Crippen molar-refractivity contribution in [2.45, 2.75) is 26.7 Å². The number of amides is 2. The maximum atomic E-state index is 12.9. The van der Waals surface area contributed by atoms with E-state index in [4.69, 9.17) is 6.42 Å². The molecule has 0 aliphatic carbocycles. The van der Waals surface area contributed by atoms with E-state index >= 15 is 0 Å². The molecule has 8 nitrogen and oxygen atoms in total. The second-order valence-corrected chi connectivity index (χ2v) is 9.22. The lowest BCUT2D eigenvalue weighted by molar-refractivity contribution is -0.141. The van der Waals surface area contributed by atoms with E-state index in [0.29, 0.717) is 10.8 Å². The molecule has 0 heterocycles. The Morgan fingerprint density at radius 3 is 2.33 bits per heavy atom. The maximum absolute atomic E-state index is 12.9. The largest absolute Gasteiger partial charge is 0.289 e. The fourth-order valence-electron chi connectivity index (χ4n) is 2.94. The van der Waals surface area contributed by atoms with Crippen molar-refractivity contribution >= 4 is 27.9 Å². The molecule has 0 saturated carbocycles. The number of hydroxylamine groups is 1. The van der Waals surface area contributed by atoms with Gasteiger partial charge in [-0.2, -0.15) is 0 Å². The molecule has 2 atom stereocenters. The summed E-state index contributed by atoms with van der Waals surface area (Å²) in [6, 6.07) is 9.40. The van der Waals surface area contributed by atoms with Crippen LogP contribution in [0.4, 0.5) is 0 Å². The van der Waals surface area contributed by atoms with Gasteiger partial charge in [-0.15, -0.1) is 10.8 Å². The van der Waals surface area contributed by atoms with Crippen LogP contribution in [0.15, 0.2) is 36.4 Å². The molecule has 0 aliphatic rings. The van der Waals surface area contributed by atoms with Gasteiger partial charge in [0.2, 0.25) is 21.8 Å². The number of carbonyl (C=O) groups is 2. The van der Waals surface area contributed by atoms with Crippen molar-refractivity contribution < 1.29 is 23.2 Å². The Morgan fingerprint density at radius 1 is 1.20 bits per heavy atom. The SMILES string of the molecule is C#CCN(NC(=O)[C@H](CC(C)C)[C@H](C/C=C/c1ccccc1)C(=O)NO)S(C)(=O)=O. The second kappa shape index (κ2) is 12.1. The molecule has 164 valence electrons. The van der Waals surface area contributed by atoms with Crippen LogP contribution in [0.3, 0.4) is 0 Å². The number of nitrogens with one attached hydrogen (secondary N) is 2. The molecule has 0 unspecified atom stereocenters. The molecule has 0 fully saturated rings. The van der Waals surface area contributed by atoms with Gasteiger partial charge in [0, 0.05) is 0 Å². The first kappa shape index (κ1) is 25.4. The monoisotopic (exact) mass is 435 g/mol. The van der Waals surface area contributed by atoms with Crippen molar-refractivity contribution in [3.63, 3.8) is 0 Å². The number of allylic oxidation sites excluding steroid dienone is 1. The van der Waals surface area contributed by atoms with Crippen LogP contribution in [-0.4, -0.2) is 42.7 Å². The van der Waals surface area contributed by atoms with E-state index in [-0.39, 0.29) is 18.9 Å². The standard InChI is InChI=1S/C21H29N3O5S/c1-5-14-24(30(4,28)29)22-20(25)19(15-16(2)3)18(21(26)23-27)13-9-12-17-10-7-6-8-11-17/h1,6-12,16,18-19,27H,13-15H2,2-4H3,(H,22,25)(H,23,26)/b12-9+/t18-,19+/m0/s1. The number of sulfonamides is 1. The Labute approximate surface area is 178 Å². The average Bonchev–Trinajstić information content (AvgIpc) is 2.68. The van der Waals surface area contributed by atoms with Crippen LogP contribution in [0.25, 0.3) is 6.08 Å². The third kappa shape index (κ3) is 8.37. The van der Waals surface area contributed by atoms with Gasteiger partial charge < -0.3 is 0 Å². The van der Waals surface area contributed by atoms with Gasteiger partial charge in [-0.3, -0.25) is 20.2 Å². The van der Waals surface area contributed by atoms with E-state index in [2.05, 4.69) is 11.3 Å². The van der Waals surface area contributed by atoms with Crippen LogP contribution < -0.4 is 10.9 Å². The zero-order valence-electron chi connectivity index (χ0n) is 17.4. The Hall–Kier alpha value is -2.67. The lowest BCUT2D eigenvalue weighted by Gasteiger charge is -2.28. The highest BCUT2D eigenvalue weighted by molar-refractivity contribution is 7.88. The number of carbonyl (C=O) groups excluding carboxylic acids is 2. The predicted molar refractivity (Wildman–Crippen MR) is 115 cm³/mol. The van der Waals surface area contributed by atoms with Gasteiger partial charge in [0.1, 0.15) is 0 Å². The minimum absolute atomic E-state index is 0.0344. The molecule has 0 aliphatic heterocycles. The van der Waals surface area contributed by atoms with Crippen LogP contribution >= 0.6 is 0 Å². The molecular formula is C21H29N3O5S. The summed E-state index contributed by atoms with van der Waals surface area (Å²) in [7, 11) is -3.79. The van der Waals surface area contributed by atoms with E-state index in [9.17, 15) is 23.2 Å². The first-order chi connectivity index (χ1) is 14.1.